The third-order valence-corrected chi connectivity index (χ3v) is 1.26. The quantitative estimate of drug-likeness (QED) is 0.557. The Labute approximate surface area is 50.8 Å². The van der Waals surface area contributed by atoms with Gasteiger partial charge in [-0.05, 0) is 18.9 Å². The van der Waals surface area contributed by atoms with Crippen LogP contribution in [-0.4, -0.2) is 7.05 Å². The van der Waals surface area contributed by atoms with Crippen LogP contribution in [-0.2, 0) is 0 Å². The molecule has 0 aliphatic heterocycles. The summed E-state index contributed by atoms with van der Waals surface area (Å²) in [6.45, 7) is 4.10. The van der Waals surface area contributed by atoms with E-state index in [1.807, 2.05) is 14.0 Å². The number of hydrogen-bond acceptors (Lipinski definition) is 2. The Bertz CT molecular complexity index is 82.7. The molecule has 0 atom stereocenters. The van der Waals surface area contributed by atoms with Crippen molar-refractivity contribution in [1.82, 2.24) is 5.32 Å². The van der Waals surface area contributed by atoms with E-state index in [1.54, 1.807) is 0 Å². The molecule has 3 N–H and O–H groups in total. The minimum Gasteiger partial charge on any atom is -0.386 e. The van der Waals surface area contributed by atoms with Gasteiger partial charge in [0.15, 0.2) is 0 Å². The number of hydrogen-bond donors (Lipinski definition) is 2. The van der Waals surface area contributed by atoms with Gasteiger partial charge in [-0.2, -0.15) is 0 Å². The van der Waals surface area contributed by atoms with Crippen LogP contribution in [0.4, 0.5) is 0 Å². The van der Waals surface area contributed by atoms with Gasteiger partial charge in [0, 0.05) is 7.05 Å². The molecular weight excluding hydrogens is 100 g/mol. The van der Waals surface area contributed by atoms with Crippen LogP contribution in [0.15, 0.2) is 11.4 Å². The van der Waals surface area contributed by atoms with Crippen molar-refractivity contribution in [3.05, 3.63) is 11.4 Å². The van der Waals surface area contributed by atoms with Crippen molar-refractivity contribution in [3.63, 3.8) is 0 Å². The summed E-state index contributed by atoms with van der Waals surface area (Å²) >= 11 is 0. The monoisotopic (exact) mass is 114 g/mol. The average molecular weight is 114 g/mol. The van der Waals surface area contributed by atoms with Gasteiger partial charge in [0.05, 0.1) is 5.82 Å². The van der Waals surface area contributed by atoms with E-state index in [0.29, 0.717) is 0 Å². The van der Waals surface area contributed by atoms with Gasteiger partial charge in [0.25, 0.3) is 0 Å². The average Bonchev–Trinajstić information content (AvgIpc) is 1.84. The van der Waals surface area contributed by atoms with E-state index in [1.165, 1.54) is 5.57 Å². The number of allylic oxidation sites excluding steroid dienone is 1. The molecule has 0 fully saturated rings. The summed E-state index contributed by atoms with van der Waals surface area (Å²) < 4.78 is 0. The summed E-state index contributed by atoms with van der Waals surface area (Å²) in [5.41, 5.74) is 6.71. The highest BCUT2D eigenvalue weighted by Gasteiger charge is 1.88. The summed E-state index contributed by atoms with van der Waals surface area (Å²) in [6.07, 6.45) is 1.02. The topological polar surface area (TPSA) is 38.0 Å². The first-order chi connectivity index (χ1) is 3.72. The van der Waals surface area contributed by atoms with Gasteiger partial charge in [-0.3, -0.25) is 0 Å². The molecule has 0 bridgehead atoms. The Morgan fingerprint density at radius 1 is 1.62 bits per heavy atom. The molecule has 0 unspecified atom stereocenters. The third-order valence-electron chi connectivity index (χ3n) is 1.26. The van der Waals surface area contributed by atoms with E-state index in [2.05, 4.69) is 12.2 Å². The van der Waals surface area contributed by atoms with Gasteiger partial charge in [-0.1, -0.05) is 6.92 Å². The van der Waals surface area contributed by atoms with Crippen LogP contribution >= 0.6 is 0 Å². The van der Waals surface area contributed by atoms with Crippen LogP contribution in [0.2, 0.25) is 0 Å². The van der Waals surface area contributed by atoms with E-state index in [0.717, 1.165) is 12.2 Å². The maximum atomic E-state index is 5.50. The van der Waals surface area contributed by atoms with Crippen molar-refractivity contribution in [1.29, 1.82) is 0 Å². The van der Waals surface area contributed by atoms with Gasteiger partial charge < -0.3 is 11.1 Å². The molecule has 0 aromatic rings. The van der Waals surface area contributed by atoms with Gasteiger partial charge in [0.1, 0.15) is 0 Å². The third kappa shape index (κ3) is 1.87. The summed E-state index contributed by atoms with van der Waals surface area (Å²) in [4.78, 5) is 0. The Kier molecular flexibility index (Phi) is 3.08. The summed E-state index contributed by atoms with van der Waals surface area (Å²) in [6, 6.07) is 0. The van der Waals surface area contributed by atoms with E-state index >= 15 is 0 Å². The van der Waals surface area contributed by atoms with E-state index < -0.39 is 0 Å². The molecule has 0 amide bonds. The predicted molar refractivity (Wildman–Crippen MR) is 36.2 cm³/mol. The fourth-order valence-electron chi connectivity index (χ4n) is 0.404. The molecule has 0 rings (SSSR count). The van der Waals surface area contributed by atoms with Crippen LogP contribution in [0.25, 0.3) is 0 Å². The standard InChI is InChI=1S/C6H14N2/c1-4-5(2)6(7)8-3/h8H,4,7H2,1-3H3/b6-5-. The molecule has 0 aromatic heterocycles. The molecule has 2 heteroatoms. The SMILES string of the molecule is CC/C(C)=C(/N)NC. The van der Waals surface area contributed by atoms with Crippen LogP contribution in [0.3, 0.4) is 0 Å². The van der Waals surface area contributed by atoms with Gasteiger partial charge >= 0.3 is 0 Å². The fourth-order valence-corrected chi connectivity index (χ4v) is 0.404. The van der Waals surface area contributed by atoms with E-state index in [9.17, 15) is 0 Å². The maximum absolute atomic E-state index is 5.50. The molecule has 0 aliphatic rings. The first-order valence-electron chi connectivity index (χ1n) is 2.85. The lowest BCUT2D eigenvalue weighted by Gasteiger charge is -2.02. The number of rotatable bonds is 2. The van der Waals surface area contributed by atoms with Crippen molar-refractivity contribution in [2.75, 3.05) is 7.05 Å². The highest BCUT2D eigenvalue weighted by molar-refractivity contribution is 5.04. The van der Waals surface area contributed by atoms with Crippen molar-refractivity contribution >= 4 is 0 Å². The molecule has 2 nitrogen and oxygen atoms in total. The zero-order valence-corrected chi connectivity index (χ0v) is 5.78. The Balaban J connectivity index is 3.83. The molecule has 0 spiro atoms. The van der Waals surface area contributed by atoms with Crippen molar-refractivity contribution in [2.45, 2.75) is 20.3 Å². The normalized spacial score (nSPS) is 12.9. The van der Waals surface area contributed by atoms with E-state index in [-0.39, 0.29) is 0 Å². The molecule has 0 aromatic carbocycles. The first kappa shape index (κ1) is 7.34. The Morgan fingerprint density at radius 2 is 2.12 bits per heavy atom. The van der Waals surface area contributed by atoms with Gasteiger partial charge in [-0.25, -0.2) is 0 Å². The predicted octanol–water partition coefficient (Wildman–Crippen LogP) is 0.806. The summed E-state index contributed by atoms with van der Waals surface area (Å²) in [5.74, 6) is 0.799. The van der Waals surface area contributed by atoms with Crippen LogP contribution < -0.4 is 11.1 Å². The molecule has 48 valence electrons. The Hall–Kier alpha value is -0.660. The summed E-state index contributed by atoms with van der Waals surface area (Å²) in [5, 5.41) is 2.87. The Morgan fingerprint density at radius 3 is 2.25 bits per heavy atom. The van der Waals surface area contributed by atoms with Gasteiger partial charge in [0.2, 0.25) is 0 Å². The van der Waals surface area contributed by atoms with E-state index in [4.69, 9.17) is 5.73 Å². The zero-order valence-electron chi connectivity index (χ0n) is 5.78. The minimum absolute atomic E-state index is 0.799. The maximum Gasteiger partial charge on any atom is 0.0946 e. The van der Waals surface area contributed by atoms with Gasteiger partial charge in [-0.15, -0.1) is 0 Å². The fraction of sp³-hybridized carbons (Fsp3) is 0.667. The van der Waals surface area contributed by atoms with Crippen molar-refractivity contribution < 1.29 is 0 Å². The first-order valence-corrected chi connectivity index (χ1v) is 2.85. The lowest BCUT2D eigenvalue weighted by Crippen LogP contribution is -2.16. The highest BCUT2D eigenvalue weighted by Crippen LogP contribution is 1.97. The molecule has 0 saturated heterocycles. The largest absolute Gasteiger partial charge is 0.386 e. The smallest absolute Gasteiger partial charge is 0.0946 e. The molecule has 0 heterocycles. The molecule has 0 saturated carbocycles. The van der Waals surface area contributed by atoms with Crippen molar-refractivity contribution in [3.8, 4) is 0 Å². The highest BCUT2D eigenvalue weighted by atomic mass is 15.0. The number of nitrogens with one attached hydrogen (secondary N) is 1. The summed E-state index contributed by atoms with van der Waals surface area (Å²) in [7, 11) is 1.83. The second-order valence-electron chi connectivity index (χ2n) is 1.80. The second kappa shape index (κ2) is 3.36. The lowest BCUT2D eigenvalue weighted by atomic mass is 10.2. The molecule has 0 radical (unpaired) electrons. The lowest BCUT2D eigenvalue weighted by molar-refractivity contribution is 0.901. The van der Waals surface area contributed by atoms with Crippen LogP contribution in [0.5, 0.6) is 0 Å². The molecular formula is C6H14N2. The zero-order chi connectivity index (χ0) is 6.57. The second-order valence-corrected chi connectivity index (χ2v) is 1.80. The minimum atomic E-state index is 0.799. The number of nitrogens with two attached hydrogens (primary N) is 1. The van der Waals surface area contributed by atoms with Crippen LogP contribution in [0, 0.1) is 0 Å². The molecule has 0 aliphatic carbocycles. The van der Waals surface area contributed by atoms with Crippen LogP contribution in [0.1, 0.15) is 20.3 Å². The molecule has 8 heavy (non-hydrogen) atoms. The van der Waals surface area contributed by atoms with Crippen molar-refractivity contribution in [2.24, 2.45) is 5.73 Å².